The third-order valence-corrected chi connectivity index (χ3v) is 3.19. The molecule has 0 unspecified atom stereocenters. The van der Waals surface area contributed by atoms with Gasteiger partial charge in [0.15, 0.2) is 0 Å². The Kier molecular flexibility index (Phi) is 14.5. The van der Waals surface area contributed by atoms with E-state index >= 15 is 0 Å². The number of likely N-dealkylation sites (N-methyl/N-ethyl adjacent to an activating group) is 1. The highest BCUT2D eigenvalue weighted by Gasteiger charge is 1.96. The van der Waals surface area contributed by atoms with E-state index in [0.29, 0.717) is 0 Å². The normalized spacial score (nSPS) is 10.6. The van der Waals surface area contributed by atoms with E-state index in [1.807, 2.05) is 0 Å². The lowest BCUT2D eigenvalue weighted by molar-refractivity contribution is 0.208. The minimum Gasteiger partial charge on any atom is -0.744 e. The summed E-state index contributed by atoms with van der Waals surface area (Å²) in [7, 11) is -4.25. The van der Waals surface area contributed by atoms with Gasteiger partial charge in [-0.15, -0.1) is 0 Å². The van der Waals surface area contributed by atoms with Gasteiger partial charge >= 0.3 is 0 Å². The van der Waals surface area contributed by atoms with Crippen molar-refractivity contribution in [2.24, 2.45) is 5.92 Å². The van der Waals surface area contributed by atoms with Gasteiger partial charge in [-0.3, -0.25) is 0 Å². The molecule has 0 radical (unpaired) electrons. The van der Waals surface area contributed by atoms with Crippen LogP contribution in [0.15, 0.2) is 35.2 Å². The summed E-state index contributed by atoms with van der Waals surface area (Å²) in [5.74, 6) is 0.833. The molecule has 1 aromatic carbocycles. The van der Waals surface area contributed by atoms with Gasteiger partial charge < -0.3 is 14.6 Å². The molecule has 0 atom stereocenters. The van der Waals surface area contributed by atoms with Gasteiger partial charge in [-0.05, 0) is 31.1 Å². The minimum atomic E-state index is -4.25. The zero-order chi connectivity index (χ0) is 17.6. The van der Waals surface area contributed by atoms with Gasteiger partial charge in [-0.2, -0.15) is 0 Å². The van der Waals surface area contributed by atoms with E-state index in [0.717, 1.165) is 25.6 Å². The van der Waals surface area contributed by atoms with Crippen molar-refractivity contribution >= 4 is 10.1 Å². The molecule has 130 valence electrons. The molecule has 1 aromatic rings. The predicted molar refractivity (Wildman–Crippen MR) is 89.8 cm³/mol. The SMILES string of the molecule is CC(C)C.CCN(CC)CCO.O=S(=O)([O-])c1ccccc1. The summed E-state index contributed by atoms with van der Waals surface area (Å²) in [5, 5.41) is 8.46. The highest BCUT2D eigenvalue weighted by atomic mass is 32.2. The Morgan fingerprint density at radius 1 is 1.09 bits per heavy atom. The molecular formula is C16H30NO4S-. The largest absolute Gasteiger partial charge is 0.744 e. The minimum absolute atomic E-state index is 0.185. The second-order valence-electron chi connectivity index (χ2n) is 5.25. The van der Waals surface area contributed by atoms with Gasteiger partial charge in [-0.1, -0.05) is 52.8 Å². The molecule has 1 N–H and O–H groups in total. The first-order valence-electron chi connectivity index (χ1n) is 7.53. The Hall–Kier alpha value is -0.950. The van der Waals surface area contributed by atoms with Crippen LogP contribution in [-0.2, 0) is 10.1 Å². The molecular weight excluding hydrogens is 302 g/mol. The molecule has 0 saturated heterocycles. The number of hydrogen-bond acceptors (Lipinski definition) is 5. The fourth-order valence-electron chi connectivity index (χ4n) is 1.27. The number of aliphatic hydroxyl groups excluding tert-OH is 1. The van der Waals surface area contributed by atoms with Gasteiger partial charge in [0, 0.05) is 6.54 Å². The van der Waals surface area contributed by atoms with Crippen LogP contribution < -0.4 is 0 Å². The van der Waals surface area contributed by atoms with Gasteiger partial charge in [-0.25, -0.2) is 8.42 Å². The average molecular weight is 332 g/mol. The van der Waals surface area contributed by atoms with Crippen LogP contribution in [0, 0.1) is 5.92 Å². The lowest BCUT2D eigenvalue weighted by Crippen LogP contribution is -2.25. The second kappa shape index (κ2) is 13.7. The molecule has 0 aliphatic carbocycles. The Bertz CT molecular complexity index is 440. The van der Waals surface area contributed by atoms with Crippen molar-refractivity contribution in [1.29, 1.82) is 0 Å². The maximum Gasteiger partial charge on any atom is 0.124 e. The smallest absolute Gasteiger partial charge is 0.124 e. The molecule has 22 heavy (non-hydrogen) atoms. The summed E-state index contributed by atoms with van der Waals surface area (Å²) in [4.78, 5) is 2.00. The van der Waals surface area contributed by atoms with Gasteiger partial charge in [0.25, 0.3) is 0 Å². The lowest BCUT2D eigenvalue weighted by Gasteiger charge is -2.15. The van der Waals surface area contributed by atoms with E-state index in [-0.39, 0.29) is 11.5 Å². The van der Waals surface area contributed by atoms with E-state index in [1.54, 1.807) is 6.07 Å². The molecule has 0 aliphatic rings. The van der Waals surface area contributed by atoms with Crippen molar-refractivity contribution in [3.8, 4) is 0 Å². The van der Waals surface area contributed by atoms with Gasteiger partial charge in [0.1, 0.15) is 10.1 Å². The van der Waals surface area contributed by atoms with Crippen LogP contribution in [0.2, 0.25) is 0 Å². The molecule has 0 bridgehead atoms. The first kappa shape index (κ1) is 23.3. The fraction of sp³-hybridized carbons (Fsp3) is 0.625. The molecule has 0 fully saturated rings. The third-order valence-electron chi connectivity index (χ3n) is 2.34. The van der Waals surface area contributed by atoms with Crippen LogP contribution in [0.1, 0.15) is 34.6 Å². The van der Waals surface area contributed by atoms with Crippen LogP contribution in [0.3, 0.4) is 0 Å². The van der Waals surface area contributed by atoms with Crippen molar-refractivity contribution in [3.63, 3.8) is 0 Å². The first-order chi connectivity index (χ1) is 10.2. The maximum absolute atomic E-state index is 10.3. The van der Waals surface area contributed by atoms with Gasteiger partial charge in [0.05, 0.1) is 11.5 Å². The summed E-state index contributed by atoms with van der Waals surface area (Å²) >= 11 is 0. The monoisotopic (exact) mass is 332 g/mol. The summed E-state index contributed by atoms with van der Waals surface area (Å²) in [6.07, 6.45) is 0. The number of aliphatic hydroxyl groups is 1. The van der Waals surface area contributed by atoms with Crippen molar-refractivity contribution in [3.05, 3.63) is 30.3 Å². The maximum atomic E-state index is 10.3. The first-order valence-corrected chi connectivity index (χ1v) is 8.93. The number of hydrogen-bond donors (Lipinski definition) is 1. The summed E-state index contributed by atoms with van der Waals surface area (Å²) in [6, 6.07) is 7.19. The molecule has 0 heterocycles. The number of benzene rings is 1. The highest BCUT2D eigenvalue weighted by molar-refractivity contribution is 7.85. The van der Waals surface area contributed by atoms with E-state index in [9.17, 15) is 13.0 Å². The van der Waals surface area contributed by atoms with Crippen LogP contribution >= 0.6 is 0 Å². The molecule has 0 aromatic heterocycles. The van der Waals surface area contributed by atoms with Gasteiger partial charge in [0.2, 0.25) is 0 Å². The Labute approximate surface area is 135 Å². The zero-order valence-corrected chi connectivity index (χ0v) is 15.1. The molecule has 0 amide bonds. The van der Waals surface area contributed by atoms with Crippen LogP contribution in [-0.4, -0.2) is 49.2 Å². The van der Waals surface area contributed by atoms with E-state index < -0.39 is 10.1 Å². The average Bonchev–Trinajstić information content (AvgIpc) is 2.45. The number of rotatable bonds is 5. The van der Waals surface area contributed by atoms with E-state index in [2.05, 4.69) is 39.5 Å². The summed E-state index contributed by atoms with van der Waals surface area (Å²) < 4.78 is 30.8. The van der Waals surface area contributed by atoms with Crippen LogP contribution in [0.5, 0.6) is 0 Å². The molecule has 5 nitrogen and oxygen atoms in total. The molecule has 0 spiro atoms. The molecule has 0 aliphatic heterocycles. The fourth-order valence-corrected chi connectivity index (χ4v) is 1.76. The lowest BCUT2D eigenvalue weighted by atomic mass is 10.3. The third kappa shape index (κ3) is 15.4. The second-order valence-corrected chi connectivity index (χ2v) is 6.63. The number of nitrogens with zero attached hydrogens (tertiary/aromatic N) is 1. The van der Waals surface area contributed by atoms with Crippen molar-refractivity contribution in [1.82, 2.24) is 4.90 Å². The quantitative estimate of drug-likeness (QED) is 0.838. The summed E-state index contributed by atoms with van der Waals surface area (Å²) in [5.41, 5.74) is 0. The molecule has 6 heteroatoms. The Morgan fingerprint density at radius 2 is 1.50 bits per heavy atom. The zero-order valence-electron chi connectivity index (χ0n) is 14.3. The predicted octanol–water partition coefficient (Wildman–Crippen LogP) is 2.57. The van der Waals surface area contributed by atoms with E-state index in [1.165, 1.54) is 24.3 Å². The Morgan fingerprint density at radius 3 is 1.68 bits per heavy atom. The molecule has 0 saturated carbocycles. The van der Waals surface area contributed by atoms with Crippen molar-refractivity contribution < 1.29 is 18.1 Å². The van der Waals surface area contributed by atoms with Crippen LogP contribution in [0.4, 0.5) is 0 Å². The van der Waals surface area contributed by atoms with Crippen molar-refractivity contribution in [2.75, 3.05) is 26.2 Å². The van der Waals surface area contributed by atoms with E-state index in [4.69, 9.17) is 5.11 Å². The highest BCUT2D eigenvalue weighted by Crippen LogP contribution is 2.04. The summed E-state index contributed by atoms with van der Waals surface area (Å²) in [6.45, 7) is 13.9. The standard InChI is InChI=1S/C6H15NO.C6H6O3S.C4H10/c1-3-7(4-2)5-6-8;7-10(8,9)6-4-2-1-3-5-6;1-4(2)3/h8H,3-6H2,1-2H3;1-5H,(H,7,8,9);4H,1-3H3/p-1. The topological polar surface area (TPSA) is 80.7 Å². The van der Waals surface area contributed by atoms with Crippen molar-refractivity contribution in [2.45, 2.75) is 39.5 Å². The Balaban J connectivity index is 0. The van der Waals surface area contributed by atoms with Crippen LogP contribution in [0.25, 0.3) is 0 Å². The molecule has 1 rings (SSSR count).